The van der Waals surface area contributed by atoms with Gasteiger partial charge < -0.3 is 15.1 Å². The number of amides is 1. The van der Waals surface area contributed by atoms with Crippen LogP contribution in [0.4, 0.5) is 5.69 Å². The number of carbonyl (C=O) groups is 1. The number of halogens is 2. The van der Waals surface area contributed by atoms with Crippen LogP contribution in [0.2, 0.25) is 10.0 Å². The fraction of sp³-hybridized carbons (Fsp3) is 0.406. The maximum absolute atomic E-state index is 14.0. The number of nitrogens with zero attached hydrogens (tertiary/aromatic N) is 3. The third-order valence-electron chi connectivity index (χ3n) is 7.69. The fourth-order valence-electron chi connectivity index (χ4n) is 5.43. The second-order valence-corrected chi connectivity index (χ2v) is 11.3. The predicted octanol–water partition coefficient (Wildman–Crippen LogP) is 5.95. The SMILES string of the molecule is CN(C)CCC(C(=O)NCCCCN1CCN(c2cccc(Cl)c2Cl)CC1)(c1ccccc1)c1ccccc1. The summed E-state index contributed by atoms with van der Waals surface area (Å²) in [6.45, 7) is 6.34. The van der Waals surface area contributed by atoms with E-state index in [1.54, 1.807) is 0 Å². The van der Waals surface area contributed by atoms with Crippen molar-refractivity contribution in [1.82, 2.24) is 15.1 Å². The molecular formula is C32H40Cl2N4O. The van der Waals surface area contributed by atoms with Crippen LogP contribution >= 0.6 is 23.2 Å². The van der Waals surface area contributed by atoms with E-state index in [4.69, 9.17) is 23.2 Å². The molecule has 0 aliphatic carbocycles. The lowest BCUT2D eigenvalue weighted by molar-refractivity contribution is -0.125. The van der Waals surface area contributed by atoms with Crippen molar-refractivity contribution in [3.8, 4) is 0 Å². The molecule has 5 nitrogen and oxygen atoms in total. The lowest BCUT2D eigenvalue weighted by Gasteiger charge is -2.36. The molecule has 0 bridgehead atoms. The maximum Gasteiger partial charge on any atom is 0.235 e. The number of hydrogen-bond donors (Lipinski definition) is 1. The molecule has 1 aliphatic rings. The molecule has 0 atom stereocenters. The summed E-state index contributed by atoms with van der Waals surface area (Å²) in [4.78, 5) is 20.9. The van der Waals surface area contributed by atoms with Gasteiger partial charge in [-0.2, -0.15) is 0 Å². The van der Waals surface area contributed by atoms with Gasteiger partial charge in [-0.15, -0.1) is 0 Å². The lowest BCUT2D eigenvalue weighted by atomic mass is 9.71. The number of carbonyl (C=O) groups excluding carboxylic acids is 1. The van der Waals surface area contributed by atoms with Crippen molar-refractivity contribution >= 4 is 34.8 Å². The first kappa shape index (κ1) is 29.4. The monoisotopic (exact) mass is 566 g/mol. The number of piperazine rings is 1. The topological polar surface area (TPSA) is 38.8 Å². The summed E-state index contributed by atoms with van der Waals surface area (Å²) in [6.07, 6.45) is 2.69. The highest BCUT2D eigenvalue weighted by molar-refractivity contribution is 6.43. The maximum atomic E-state index is 14.0. The predicted molar refractivity (Wildman–Crippen MR) is 164 cm³/mol. The van der Waals surface area contributed by atoms with Crippen LogP contribution in [0.15, 0.2) is 78.9 Å². The van der Waals surface area contributed by atoms with Crippen molar-refractivity contribution in [2.24, 2.45) is 0 Å². The molecule has 0 saturated carbocycles. The van der Waals surface area contributed by atoms with Crippen molar-refractivity contribution in [3.05, 3.63) is 100 Å². The van der Waals surface area contributed by atoms with Gasteiger partial charge in [0.05, 0.1) is 15.7 Å². The van der Waals surface area contributed by atoms with E-state index in [1.807, 2.05) is 54.6 Å². The molecule has 1 amide bonds. The molecule has 0 unspecified atom stereocenters. The summed E-state index contributed by atoms with van der Waals surface area (Å²) in [5.41, 5.74) is 2.35. The summed E-state index contributed by atoms with van der Waals surface area (Å²) in [5.74, 6) is 0.0776. The Hall–Kier alpha value is -2.57. The molecule has 3 aromatic carbocycles. The van der Waals surface area contributed by atoms with Gasteiger partial charge in [0.1, 0.15) is 5.41 Å². The molecule has 1 heterocycles. The number of rotatable bonds is 12. The van der Waals surface area contributed by atoms with Gasteiger partial charge in [0, 0.05) is 32.7 Å². The van der Waals surface area contributed by atoms with Crippen LogP contribution < -0.4 is 10.2 Å². The van der Waals surface area contributed by atoms with E-state index >= 15 is 0 Å². The van der Waals surface area contributed by atoms with Crippen molar-refractivity contribution in [1.29, 1.82) is 0 Å². The largest absolute Gasteiger partial charge is 0.368 e. The summed E-state index contributed by atoms with van der Waals surface area (Å²) < 4.78 is 0. The molecule has 1 saturated heterocycles. The van der Waals surface area contributed by atoms with Crippen molar-refractivity contribution in [3.63, 3.8) is 0 Å². The van der Waals surface area contributed by atoms with Gasteiger partial charge in [-0.05, 0) is 69.7 Å². The quantitative estimate of drug-likeness (QED) is 0.275. The van der Waals surface area contributed by atoms with Gasteiger partial charge in [0.2, 0.25) is 5.91 Å². The first-order chi connectivity index (χ1) is 18.9. The van der Waals surface area contributed by atoms with E-state index in [0.717, 1.165) is 68.9 Å². The second-order valence-electron chi connectivity index (χ2n) is 10.6. The zero-order chi connectivity index (χ0) is 27.7. The Morgan fingerprint density at radius 1 is 0.846 bits per heavy atom. The molecule has 208 valence electrons. The molecule has 1 aliphatic heterocycles. The smallest absolute Gasteiger partial charge is 0.235 e. The van der Waals surface area contributed by atoms with Crippen molar-refractivity contribution < 1.29 is 4.79 Å². The highest BCUT2D eigenvalue weighted by Crippen LogP contribution is 2.36. The minimum absolute atomic E-state index is 0.0776. The Kier molecular flexibility index (Phi) is 10.7. The van der Waals surface area contributed by atoms with Crippen LogP contribution in [-0.2, 0) is 10.2 Å². The summed E-state index contributed by atoms with van der Waals surface area (Å²) in [6, 6.07) is 26.3. The average molecular weight is 568 g/mol. The molecule has 1 fully saturated rings. The van der Waals surface area contributed by atoms with Crippen molar-refractivity contribution in [2.75, 3.05) is 64.8 Å². The Bertz CT molecular complexity index is 1140. The van der Waals surface area contributed by atoms with Gasteiger partial charge in [0.15, 0.2) is 0 Å². The number of hydrogen-bond acceptors (Lipinski definition) is 4. The third-order valence-corrected chi connectivity index (χ3v) is 8.49. The van der Waals surface area contributed by atoms with E-state index < -0.39 is 5.41 Å². The molecule has 1 N–H and O–H groups in total. The number of anilines is 1. The van der Waals surface area contributed by atoms with Crippen molar-refractivity contribution in [2.45, 2.75) is 24.7 Å². The van der Waals surface area contributed by atoms with Crippen LogP contribution in [0.1, 0.15) is 30.4 Å². The molecule has 0 radical (unpaired) electrons. The second kappa shape index (κ2) is 14.2. The van der Waals surface area contributed by atoms with Gasteiger partial charge in [-0.3, -0.25) is 9.69 Å². The average Bonchev–Trinajstić information content (AvgIpc) is 2.96. The first-order valence-electron chi connectivity index (χ1n) is 13.9. The number of benzene rings is 3. The highest BCUT2D eigenvalue weighted by atomic mass is 35.5. The van der Waals surface area contributed by atoms with E-state index in [-0.39, 0.29) is 5.91 Å². The van der Waals surface area contributed by atoms with Gasteiger partial charge >= 0.3 is 0 Å². The fourth-order valence-corrected chi connectivity index (χ4v) is 5.85. The Morgan fingerprint density at radius 3 is 2.05 bits per heavy atom. The Morgan fingerprint density at radius 2 is 1.46 bits per heavy atom. The molecule has 0 spiro atoms. The third kappa shape index (κ3) is 7.34. The molecular weight excluding hydrogens is 527 g/mol. The molecule has 39 heavy (non-hydrogen) atoms. The van der Waals surface area contributed by atoms with Gasteiger partial charge in [-0.1, -0.05) is 89.9 Å². The minimum atomic E-state index is -0.731. The van der Waals surface area contributed by atoms with E-state index in [1.165, 1.54) is 0 Å². The van der Waals surface area contributed by atoms with Crippen LogP contribution in [-0.4, -0.2) is 75.6 Å². The summed E-state index contributed by atoms with van der Waals surface area (Å²) >= 11 is 12.6. The van der Waals surface area contributed by atoms with Crippen LogP contribution in [0.3, 0.4) is 0 Å². The molecule has 0 aromatic heterocycles. The van der Waals surface area contributed by atoms with E-state index in [9.17, 15) is 4.79 Å². The highest BCUT2D eigenvalue weighted by Gasteiger charge is 2.41. The summed E-state index contributed by atoms with van der Waals surface area (Å²) in [7, 11) is 4.12. The van der Waals surface area contributed by atoms with Gasteiger partial charge in [-0.25, -0.2) is 0 Å². The number of nitrogens with one attached hydrogen (secondary N) is 1. The minimum Gasteiger partial charge on any atom is -0.368 e. The van der Waals surface area contributed by atoms with Crippen LogP contribution in [0.25, 0.3) is 0 Å². The number of unbranched alkanes of at least 4 members (excludes halogenated alkanes) is 1. The van der Waals surface area contributed by atoms with E-state index in [2.05, 4.69) is 58.4 Å². The Labute approximate surface area is 243 Å². The van der Waals surface area contributed by atoms with Crippen LogP contribution in [0.5, 0.6) is 0 Å². The molecule has 4 rings (SSSR count). The zero-order valence-electron chi connectivity index (χ0n) is 23.1. The van der Waals surface area contributed by atoms with Gasteiger partial charge in [0.25, 0.3) is 0 Å². The lowest BCUT2D eigenvalue weighted by Crippen LogP contribution is -2.48. The summed E-state index contributed by atoms with van der Waals surface area (Å²) in [5, 5.41) is 4.55. The molecule has 7 heteroatoms. The van der Waals surface area contributed by atoms with E-state index in [0.29, 0.717) is 23.0 Å². The normalized spacial score (nSPS) is 14.5. The van der Waals surface area contributed by atoms with Crippen LogP contribution in [0, 0.1) is 0 Å². The zero-order valence-corrected chi connectivity index (χ0v) is 24.6. The Balaban J connectivity index is 1.32. The standard InChI is InChI=1S/C32H40Cl2N4O/c1-36(2)21-18-32(26-12-5-3-6-13-26,27-14-7-4-8-15-27)31(39)35-19-9-10-20-37-22-24-38(25-23-37)29-17-11-16-28(33)30(29)34/h3-8,11-17H,9-10,18-25H2,1-2H3,(H,35,39). The molecule has 3 aromatic rings. The first-order valence-corrected chi connectivity index (χ1v) is 14.6.